The van der Waals surface area contributed by atoms with E-state index in [2.05, 4.69) is 4.98 Å². The first kappa shape index (κ1) is 12.6. The number of methoxy groups -OCH3 is 1. The van der Waals surface area contributed by atoms with Crippen molar-refractivity contribution in [3.63, 3.8) is 0 Å². The lowest BCUT2D eigenvalue weighted by Gasteiger charge is -2.06. The smallest absolute Gasteiger partial charge is 0.198 e. The van der Waals surface area contributed by atoms with Gasteiger partial charge in [0.1, 0.15) is 11.5 Å². The first-order valence-electron chi connectivity index (χ1n) is 6.01. The summed E-state index contributed by atoms with van der Waals surface area (Å²) in [5.41, 5.74) is 6.67. The average molecular weight is 246 g/mol. The van der Waals surface area contributed by atoms with Crippen LogP contribution in [0.25, 0.3) is 0 Å². The Kier molecular flexibility index (Phi) is 3.99. The van der Waals surface area contributed by atoms with Crippen LogP contribution in [-0.2, 0) is 6.42 Å². The maximum Gasteiger partial charge on any atom is 0.198 e. The molecule has 1 unspecified atom stereocenters. The molecule has 0 saturated heterocycles. The molecule has 0 aliphatic carbocycles. The molecule has 0 bridgehead atoms. The molecule has 1 aromatic heterocycles. The molecule has 1 heterocycles. The van der Waals surface area contributed by atoms with E-state index in [1.165, 1.54) is 0 Å². The Hall–Kier alpha value is -1.81. The summed E-state index contributed by atoms with van der Waals surface area (Å²) in [7, 11) is 1.66. The molecule has 2 aromatic rings. The van der Waals surface area contributed by atoms with Gasteiger partial charge in [0.15, 0.2) is 5.89 Å². The van der Waals surface area contributed by atoms with E-state index in [0.29, 0.717) is 18.9 Å². The second kappa shape index (κ2) is 5.69. The van der Waals surface area contributed by atoms with Crippen molar-refractivity contribution < 1.29 is 9.15 Å². The van der Waals surface area contributed by atoms with Gasteiger partial charge < -0.3 is 14.9 Å². The lowest BCUT2D eigenvalue weighted by Crippen LogP contribution is -2.07. The van der Waals surface area contributed by atoms with E-state index in [-0.39, 0.29) is 5.92 Å². The predicted octanol–water partition coefficient (Wildman–Crippen LogP) is 2.34. The van der Waals surface area contributed by atoms with Crippen LogP contribution in [0, 0.1) is 0 Å². The van der Waals surface area contributed by atoms with E-state index < -0.39 is 0 Å². The topological polar surface area (TPSA) is 61.3 Å². The number of nitrogens with zero attached hydrogens (tertiary/aromatic N) is 1. The van der Waals surface area contributed by atoms with Gasteiger partial charge in [-0.3, -0.25) is 0 Å². The standard InChI is InChI=1S/C14H18N2O2/c1-10(8-15)13-9-16-14(18-13)7-11-5-3-4-6-12(11)17-2/h3-6,9-10H,7-8,15H2,1-2H3. The normalized spacial score (nSPS) is 12.4. The highest BCUT2D eigenvalue weighted by molar-refractivity contribution is 5.35. The largest absolute Gasteiger partial charge is 0.496 e. The SMILES string of the molecule is COc1ccccc1Cc1ncc(C(C)CN)o1. The van der Waals surface area contributed by atoms with Gasteiger partial charge in [-0.1, -0.05) is 25.1 Å². The maximum atomic E-state index is 5.69. The van der Waals surface area contributed by atoms with Crippen LogP contribution >= 0.6 is 0 Å². The molecular formula is C14H18N2O2. The Bertz CT molecular complexity index is 508. The molecule has 0 aliphatic rings. The molecule has 4 nitrogen and oxygen atoms in total. The molecule has 0 amide bonds. The Morgan fingerprint density at radius 3 is 2.89 bits per heavy atom. The summed E-state index contributed by atoms with van der Waals surface area (Å²) in [5.74, 6) is 2.57. The molecule has 18 heavy (non-hydrogen) atoms. The third kappa shape index (κ3) is 2.71. The monoisotopic (exact) mass is 246 g/mol. The summed E-state index contributed by atoms with van der Waals surface area (Å²) < 4.78 is 11.0. The Labute approximate surface area is 107 Å². The van der Waals surface area contributed by atoms with Gasteiger partial charge in [0.2, 0.25) is 0 Å². The van der Waals surface area contributed by atoms with Gasteiger partial charge in [0.25, 0.3) is 0 Å². The number of hydrogen-bond donors (Lipinski definition) is 1. The number of benzene rings is 1. The van der Waals surface area contributed by atoms with Gasteiger partial charge in [0, 0.05) is 18.0 Å². The lowest BCUT2D eigenvalue weighted by atomic mass is 10.1. The molecule has 0 radical (unpaired) electrons. The van der Waals surface area contributed by atoms with Crippen molar-refractivity contribution >= 4 is 0 Å². The van der Waals surface area contributed by atoms with Crippen molar-refractivity contribution in [1.29, 1.82) is 0 Å². The number of para-hydroxylation sites is 1. The van der Waals surface area contributed by atoms with Gasteiger partial charge in [-0.05, 0) is 6.07 Å². The van der Waals surface area contributed by atoms with Crippen LogP contribution in [0.3, 0.4) is 0 Å². The van der Waals surface area contributed by atoms with Crippen LogP contribution < -0.4 is 10.5 Å². The third-order valence-electron chi connectivity index (χ3n) is 2.94. The van der Waals surface area contributed by atoms with Crippen molar-refractivity contribution in [3.8, 4) is 5.75 Å². The highest BCUT2D eigenvalue weighted by atomic mass is 16.5. The highest BCUT2D eigenvalue weighted by Crippen LogP contribution is 2.22. The van der Waals surface area contributed by atoms with Crippen molar-refractivity contribution in [3.05, 3.63) is 47.7 Å². The Morgan fingerprint density at radius 1 is 1.39 bits per heavy atom. The van der Waals surface area contributed by atoms with Crippen LogP contribution in [-0.4, -0.2) is 18.6 Å². The van der Waals surface area contributed by atoms with Crippen LogP contribution in [0.1, 0.15) is 30.1 Å². The third-order valence-corrected chi connectivity index (χ3v) is 2.94. The summed E-state index contributed by atoms with van der Waals surface area (Å²) in [6.07, 6.45) is 2.38. The summed E-state index contributed by atoms with van der Waals surface area (Å²) in [6, 6.07) is 7.86. The number of aromatic nitrogens is 1. The average Bonchev–Trinajstić information content (AvgIpc) is 2.87. The lowest BCUT2D eigenvalue weighted by molar-refractivity contribution is 0.404. The molecule has 1 atom stereocenters. The van der Waals surface area contributed by atoms with Gasteiger partial charge in [0.05, 0.1) is 19.7 Å². The van der Waals surface area contributed by atoms with Gasteiger partial charge >= 0.3 is 0 Å². The first-order chi connectivity index (χ1) is 8.74. The molecular weight excluding hydrogens is 228 g/mol. The minimum Gasteiger partial charge on any atom is -0.496 e. The number of oxazole rings is 1. The fourth-order valence-corrected chi connectivity index (χ4v) is 1.76. The zero-order valence-corrected chi connectivity index (χ0v) is 10.7. The zero-order chi connectivity index (χ0) is 13.0. The minimum atomic E-state index is 0.198. The number of nitrogens with two attached hydrogens (primary N) is 1. The second-order valence-electron chi connectivity index (χ2n) is 4.28. The van der Waals surface area contributed by atoms with Gasteiger partial charge in [-0.25, -0.2) is 4.98 Å². The zero-order valence-electron chi connectivity index (χ0n) is 10.7. The molecule has 96 valence electrons. The van der Waals surface area contributed by atoms with E-state index in [4.69, 9.17) is 14.9 Å². The number of ether oxygens (including phenoxy) is 1. The van der Waals surface area contributed by atoms with Crippen molar-refractivity contribution in [2.24, 2.45) is 5.73 Å². The fraction of sp³-hybridized carbons (Fsp3) is 0.357. The molecule has 1 aromatic carbocycles. The molecule has 2 rings (SSSR count). The van der Waals surface area contributed by atoms with Crippen LogP contribution in [0.4, 0.5) is 0 Å². The highest BCUT2D eigenvalue weighted by Gasteiger charge is 2.12. The van der Waals surface area contributed by atoms with Crippen molar-refractivity contribution in [2.45, 2.75) is 19.3 Å². The summed E-state index contributed by atoms with van der Waals surface area (Å²) in [5, 5.41) is 0. The second-order valence-corrected chi connectivity index (χ2v) is 4.28. The van der Waals surface area contributed by atoms with Crippen LogP contribution in [0.15, 0.2) is 34.9 Å². The maximum absolute atomic E-state index is 5.69. The Balaban J connectivity index is 2.16. The number of rotatable bonds is 5. The van der Waals surface area contributed by atoms with E-state index in [1.807, 2.05) is 31.2 Å². The molecule has 0 saturated carbocycles. The summed E-state index contributed by atoms with van der Waals surface area (Å²) >= 11 is 0. The predicted molar refractivity (Wildman–Crippen MR) is 69.8 cm³/mol. The van der Waals surface area contributed by atoms with Crippen LogP contribution in [0.2, 0.25) is 0 Å². The van der Waals surface area contributed by atoms with Gasteiger partial charge in [-0.15, -0.1) is 0 Å². The minimum absolute atomic E-state index is 0.198. The van der Waals surface area contributed by atoms with E-state index >= 15 is 0 Å². The molecule has 2 N–H and O–H groups in total. The molecule has 0 spiro atoms. The summed E-state index contributed by atoms with van der Waals surface area (Å²) in [4.78, 5) is 4.28. The molecule has 4 heteroatoms. The van der Waals surface area contributed by atoms with E-state index in [1.54, 1.807) is 13.3 Å². The molecule has 0 aliphatic heterocycles. The van der Waals surface area contributed by atoms with Crippen molar-refractivity contribution in [1.82, 2.24) is 4.98 Å². The fourth-order valence-electron chi connectivity index (χ4n) is 1.76. The molecule has 0 fully saturated rings. The quantitative estimate of drug-likeness (QED) is 0.879. The van der Waals surface area contributed by atoms with Crippen molar-refractivity contribution in [2.75, 3.05) is 13.7 Å². The van der Waals surface area contributed by atoms with E-state index in [9.17, 15) is 0 Å². The van der Waals surface area contributed by atoms with Gasteiger partial charge in [-0.2, -0.15) is 0 Å². The summed E-state index contributed by atoms with van der Waals surface area (Å²) in [6.45, 7) is 2.58. The van der Waals surface area contributed by atoms with Crippen LogP contribution in [0.5, 0.6) is 5.75 Å². The van der Waals surface area contributed by atoms with E-state index in [0.717, 1.165) is 17.1 Å². The number of hydrogen-bond acceptors (Lipinski definition) is 4. The first-order valence-corrected chi connectivity index (χ1v) is 6.01. The Morgan fingerprint density at radius 2 is 2.17 bits per heavy atom.